The Labute approximate surface area is 147 Å². The number of benzene rings is 1. The van der Waals surface area contributed by atoms with Gasteiger partial charge in [0.15, 0.2) is 11.6 Å². The first-order valence-corrected chi connectivity index (χ1v) is 7.94. The molecule has 0 bridgehead atoms. The molecule has 1 aromatic carbocycles. The molecule has 0 unspecified atom stereocenters. The van der Waals surface area contributed by atoms with E-state index in [0.29, 0.717) is 27.3 Å². The van der Waals surface area contributed by atoms with Crippen LogP contribution in [0.4, 0.5) is 0 Å². The van der Waals surface area contributed by atoms with Crippen LogP contribution in [0.5, 0.6) is 0 Å². The lowest BCUT2D eigenvalue weighted by atomic mass is 10.1. The number of aromatic nitrogens is 5. The normalized spacial score (nSPS) is 11.1. The van der Waals surface area contributed by atoms with Gasteiger partial charge in [0.05, 0.1) is 21.1 Å². The quantitative estimate of drug-likeness (QED) is 0.534. The van der Waals surface area contributed by atoms with Crippen LogP contribution in [0.2, 0.25) is 10.0 Å². The number of pyridine rings is 2. The summed E-state index contributed by atoms with van der Waals surface area (Å²) in [7, 11) is 1.82. The summed E-state index contributed by atoms with van der Waals surface area (Å²) in [6.45, 7) is 0. The van der Waals surface area contributed by atoms with Crippen molar-refractivity contribution < 1.29 is 0 Å². The molecule has 0 aliphatic carbocycles. The molecule has 3 aromatic heterocycles. The van der Waals surface area contributed by atoms with Gasteiger partial charge in [-0.05, 0) is 12.1 Å². The molecule has 24 heavy (non-hydrogen) atoms. The fraction of sp³-hybridized carbons (Fsp3) is 0.0588. The summed E-state index contributed by atoms with van der Waals surface area (Å²) >= 11 is 12.4. The SMILES string of the molecule is Cn1nc(-c2c(Cl)cncc2Cl)nc1-c1cnc2ccccc2c1. The lowest BCUT2D eigenvalue weighted by Crippen LogP contribution is -1.95. The highest BCUT2D eigenvalue weighted by Gasteiger charge is 2.17. The molecular weight excluding hydrogens is 345 g/mol. The maximum Gasteiger partial charge on any atom is 0.184 e. The van der Waals surface area contributed by atoms with Crippen molar-refractivity contribution >= 4 is 34.1 Å². The van der Waals surface area contributed by atoms with Gasteiger partial charge in [0.25, 0.3) is 0 Å². The van der Waals surface area contributed by atoms with Crippen LogP contribution >= 0.6 is 23.2 Å². The average molecular weight is 356 g/mol. The highest BCUT2D eigenvalue weighted by atomic mass is 35.5. The zero-order valence-electron chi connectivity index (χ0n) is 12.6. The first-order valence-electron chi connectivity index (χ1n) is 7.19. The second-order valence-electron chi connectivity index (χ2n) is 5.28. The summed E-state index contributed by atoms with van der Waals surface area (Å²) in [5, 5.41) is 6.31. The van der Waals surface area contributed by atoms with Crippen LogP contribution in [0, 0.1) is 0 Å². The van der Waals surface area contributed by atoms with Gasteiger partial charge in [0.1, 0.15) is 0 Å². The smallest absolute Gasteiger partial charge is 0.184 e. The molecule has 0 aliphatic heterocycles. The zero-order valence-corrected chi connectivity index (χ0v) is 14.1. The fourth-order valence-electron chi connectivity index (χ4n) is 2.56. The maximum absolute atomic E-state index is 6.20. The molecule has 4 rings (SSSR count). The number of hydrogen-bond donors (Lipinski definition) is 0. The van der Waals surface area contributed by atoms with Crippen LogP contribution in [-0.4, -0.2) is 24.7 Å². The van der Waals surface area contributed by atoms with Crippen LogP contribution in [0.1, 0.15) is 0 Å². The maximum atomic E-state index is 6.20. The molecule has 0 saturated carbocycles. The first-order chi connectivity index (χ1) is 11.6. The molecule has 7 heteroatoms. The van der Waals surface area contributed by atoms with E-state index in [2.05, 4.69) is 20.1 Å². The van der Waals surface area contributed by atoms with Crippen molar-refractivity contribution in [2.45, 2.75) is 0 Å². The Kier molecular flexibility index (Phi) is 3.67. The van der Waals surface area contributed by atoms with Crippen LogP contribution in [-0.2, 0) is 7.05 Å². The predicted molar refractivity (Wildman–Crippen MR) is 95.0 cm³/mol. The van der Waals surface area contributed by atoms with Crippen molar-refractivity contribution in [1.29, 1.82) is 0 Å². The van der Waals surface area contributed by atoms with Gasteiger partial charge < -0.3 is 0 Å². The number of para-hydroxylation sites is 1. The summed E-state index contributed by atoms with van der Waals surface area (Å²) in [6.07, 6.45) is 4.83. The largest absolute Gasteiger partial charge is 0.262 e. The van der Waals surface area contributed by atoms with Crippen molar-refractivity contribution in [3.63, 3.8) is 0 Å². The standard InChI is InChI=1S/C17H11Cl2N5/c1-24-17(11-6-10-4-2-3-5-14(10)21-7-11)22-16(23-24)15-12(18)8-20-9-13(15)19/h2-9H,1H3. The minimum Gasteiger partial charge on any atom is -0.262 e. The fourth-order valence-corrected chi connectivity index (χ4v) is 3.09. The molecule has 0 fully saturated rings. The molecule has 0 spiro atoms. The van der Waals surface area contributed by atoms with Crippen molar-refractivity contribution in [3.8, 4) is 22.8 Å². The topological polar surface area (TPSA) is 56.5 Å². The Morgan fingerprint density at radius 1 is 1.00 bits per heavy atom. The van der Waals surface area contributed by atoms with Gasteiger partial charge in [-0.2, -0.15) is 5.10 Å². The molecule has 0 atom stereocenters. The minimum atomic E-state index is 0.413. The second kappa shape index (κ2) is 5.85. The number of aryl methyl sites for hydroxylation is 1. The number of nitrogens with zero attached hydrogens (tertiary/aromatic N) is 5. The molecule has 5 nitrogen and oxygen atoms in total. The first kappa shape index (κ1) is 15.1. The van der Waals surface area contributed by atoms with Crippen molar-refractivity contribution in [1.82, 2.24) is 24.7 Å². The third-order valence-corrected chi connectivity index (χ3v) is 4.26. The molecule has 118 valence electrons. The molecule has 0 radical (unpaired) electrons. The third-order valence-electron chi connectivity index (χ3n) is 3.69. The molecule has 0 N–H and O–H groups in total. The molecule has 0 saturated heterocycles. The van der Waals surface area contributed by atoms with E-state index in [9.17, 15) is 0 Å². The van der Waals surface area contributed by atoms with Crippen LogP contribution < -0.4 is 0 Å². The molecule has 0 aliphatic rings. The third kappa shape index (κ3) is 2.52. The highest BCUT2D eigenvalue weighted by Crippen LogP contribution is 2.33. The van der Waals surface area contributed by atoms with Gasteiger partial charge in [0.2, 0.25) is 0 Å². The van der Waals surface area contributed by atoms with Gasteiger partial charge >= 0.3 is 0 Å². The number of hydrogen-bond acceptors (Lipinski definition) is 4. The van der Waals surface area contributed by atoms with Crippen LogP contribution in [0.3, 0.4) is 0 Å². The van der Waals surface area contributed by atoms with E-state index in [-0.39, 0.29) is 0 Å². The van der Waals surface area contributed by atoms with Gasteiger partial charge in [-0.25, -0.2) is 9.67 Å². The second-order valence-corrected chi connectivity index (χ2v) is 6.09. The summed E-state index contributed by atoms with van der Waals surface area (Å²) in [4.78, 5) is 13.0. The summed E-state index contributed by atoms with van der Waals surface area (Å²) in [5.41, 5.74) is 2.38. The minimum absolute atomic E-state index is 0.413. The highest BCUT2D eigenvalue weighted by molar-refractivity contribution is 6.38. The van der Waals surface area contributed by atoms with Gasteiger partial charge in [-0.1, -0.05) is 41.4 Å². The van der Waals surface area contributed by atoms with E-state index in [1.165, 1.54) is 12.4 Å². The summed E-state index contributed by atoms with van der Waals surface area (Å²) < 4.78 is 1.69. The summed E-state index contributed by atoms with van der Waals surface area (Å²) in [5.74, 6) is 1.14. The van der Waals surface area contributed by atoms with E-state index in [4.69, 9.17) is 23.2 Å². The zero-order chi connectivity index (χ0) is 16.7. The molecular formula is C17H11Cl2N5. The lowest BCUT2D eigenvalue weighted by molar-refractivity contribution is 0.777. The Bertz CT molecular complexity index is 1040. The van der Waals surface area contributed by atoms with Crippen LogP contribution in [0.15, 0.2) is 48.9 Å². The Hall–Kier alpha value is -2.50. The van der Waals surface area contributed by atoms with Gasteiger partial charge in [0, 0.05) is 36.6 Å². The van der Waals surface area contributed by atoms with E-state index in [0.717, 1.165) is 16.5 Å². The Morgan fingerprint density at radius 2 is 1.75 bits per heavy atom. The predicted octanol–water partition coefficient (Wildman–Crippen LogP) is 4.40. The number of fused-ring (bicyclic) bond motifs is 1. The number of rotatable bonds is 2. The average Bonchev–Trinajstić information content (AvgIpc) is 2.95. The Balaban J connectivity index is 1.86. The van der Waals surface area contributed by atoms with Crippen molar-refractivity contribution in [3.05, 3.63) is 59.0 Å². The van der Waals surface area contributed by atoms with E-state index in [1.54, 1.807) is 10.9 Å². The number of halogens is 2. The van der Waals surface area contributed by atoms with Crippen molar-refractivity contribution in [2.75, 3.05) is 0 Å². The van der Waals surface area contributed by atoms with Gasteiger partial charge in [-0.15, -0.1) is 0 Å². The summed E-state index contributed by atoms with van der Waals surface area (Å²) in [6, 6.07) is 9.96. The van der Waals surface area contributed by atoms with E-state index < -0.39 is 0 Å². The van der Waals surface area contributed by atoms with E-state index in [1.807, 2.05) is 37.4 Å². The Morgan fingerprint density at radius 3 is 2.54 bits per heavy atom. The molecule has 4 aromatic rings. The monoisotopic (exact) mass is 355 g/mol. The molecule has 3 heterocycles. The molecule has 0 amide bonds. The van der Waals surface area contributed by atoms with Gasteiger partial charge in [-0.3, -0.25) is 9.97 Å². The van der Waals surface area contributed by atoms with Crippen molar-refractivity contribution in [2.24, 2.45) is 7.05 Å². The van der Waals surface area contributed by atoms with Crippen LogP contribution in [0.25, 0.3) is 33.7 Å². The lowest BCUT2D eigenvalue weighted by Gasteiger charge is -2.02. The van der Waals surface area contributed by atoms with E-state index >= 15 is 0 Å².